The summed E-state index contributed by atoms with van der Waals surface area (Å²) in [7, 11) is 0. The third-order valence-corrected chi connectivity index (χ3v) is 4.38. The van der Waals surface area contributed by atoms with E-state index in [1.165, 1.54) is 0 Å². The number of hydrogen-bond donors (Lipinski definition) is 1. The first-order valence-electron chi connectivity index (χ1n) is 7.33. The third kappa shape index (κ3) is 3.58. The van der Waals surface area contributed by atoms with E-state index in [0.29, 0.717) is 21.3 Å². The first-order valence-corrected chi connectivity index (χ1v) is 8.08. The van der Waals surface area contributed by atoms with Gasteiger partial charge in [0.1, 0.15) is 0 Å². The van der Waals surface area contributed by atoms with Crippen LogP contribution >= 0.6 is 23.2 Å². The monoisotopic (exact) mass is 356 g/mol. The van der Waals surface area contributed by atoms with Gasteiger partial charge in [0.05, 0.1) is 21.4 Å². The summed E-state index contributed by atoms with van der Waals surface area (Å²) in [6, 6.07) is 16.3. The van der Waals surface area contributed by atoms with Gasteiger partial charge in [-0.15, -0.1) is 0 Å². The first-order chi connectivity index (χ1) is 11.5. The number of carbonyl (C=O) groups excluding carboxylic acids is 1. The van der Waals surface area contributed by atoms with Crippen molar-refractivity contribution in [1.29, 1.82) is 0 Å². The van der Waals surface area contributed by atoms with Gasteiger partial charge in [0, 0.05) is 17.3 Å². The predicted molar refractivity (Wildman–Crippen MR) is 98.8 cm³/mol. The molecule has 0 saturated heterocycles. The Morgan fingerprint density at radius 1 is 1.04 bits per heavy atom. The molecule has 1 N–H and O–H groups in total. The lowest BCUT2D eigenvalue weighted by atomic mass is 10.1. The van der Waals surface area contributed by atoms with Gasteiger partial charge in [-0.1, -0.05) is 41.4 Å². The second-order valence-electron chi connectivity index (χ2n) is 5.35. The molecule has 1 heterocycles. The Morgan fingerprint density at radius 3 is 2.50 bits per heavy atom. The second kappa shape index (κ2) is 7.04. The van der Waals surface area contributed by atoms with Gasteiger partial charge < -0.3 is 5.32 Å². The number of hydrogen-bond acceptors (Lipinski definition) is 2. The van der Waals surface area contributed by atoms with Crippen LogP contribution in [0.1, 0.15) is 15.9 Å². The average Bonchev–Trinajstić information content (AvgIpc) is 2.59. The maximum absolute atomic E-state index is 12.4. The Morgan fingerprint density at radius 2 is 1.79 bits per heavy atom. The zero-order chi connectivity index (χ0) is 17.1. The lowest BCUT2D eigenvalue weighted by molar-refractivity contribution is 0.102. The summed E-state index contributed by atoms with van der Waals surface area (Å²) in [6.45, 7) is 2.02. The van der Waals surface area contributed by atoms with Crippen molar-refractivity contribution in [3.05, 3.63) is 82.0 Å². The summed E-state index contributed by atoms with van der Waals surface area (Å²) in [5, 5.41) is 3.49. The lowest BCUT2D eigenvalue weighted by Gasteiger charge is -2.09. The Kier molecular flexibility index (Phi) is 4.84. The van der Waals surface area contributed by atoms with Gasteiger partial charge in [-0.05, 0) is 48.9 Å². The van der Waals surface area contributed by atoms with E-state index < -0.39 is 0 Å². The topological polar surface area (TPSA) is 42.0 Å². The van der Waals surface area contributed by atoms with E-state index in [9.17, 15) is 4.79 Å². The van der Waals surface area contributed by atoms with Gasteiger partial charge >= 0.3 is 0 Å². The highest BCUT2D eigenvalue weighted by Gasteiger charge is 2.10. The molecular weight excluding hydrogens is 343 g/mol. The summed E-state index contributed by atoms with van der Waals surface area (Å²) >= 11 is 12.0. The molecule has 0 spiro atoms. The van der Waals surface area contributed by atoms with Gasteiger partial charge in [-0.2, -0.15) is 0 Å². The second-order valence-corrected chi connectivity index (χ2v) is 6.14. The van der Waals surface area contributed by atoms with Crippen molar-refractivity contribution in [2.24, 2.45) is 0 Å². The highest BCUT2D eigenvalue weighted by molar-refractivity contribution is 6.44. The molecule has 0 radical (unpaired) electrons. The quantitative estimate of drug-likeness (QED) is 0.661. The molecule has 3 nitrogen and oxygen atoms in total. The predicted octanol–water partition coefficient (Wildman–Crippen LogP) is 5.62. The molecule has 0 aliphatic carbocycles. The number of nitrogens with one attached hydrogen (secondary N) is 1. The van der Waals surface area contributed by atoms with Crippen LogP contribution in [0, 0.1) is 6.92 Å². The van der Waals surface area contributed by atoms with Crippen LogP contribution in [0.4, 0.5) is 5.69 Å². The minimum atomic E-state index is -0.247. The highest BCUT2D eigenvalue weighted by Crippen LogP contribution is 2.30. The molecule has 0 bridgehead atoms. The van der Waals surface area contributed by atoms with Crippen LogP contribution in [0.25, 0.3) is 11.3 Å². The Hall–Kier alpha value is -2.36. The Labute approximate surface area is 150 Å². The summed E-state index contributed by atoms with van der Waals surface area (Å²) in [5.41, 5.74) is 3.98. The van der Waals surface area contributed by atoms with E-state index in [4.69, 9.17) is 23.2 Å². The number of aryl methyl sites for hydroxylation is 1. The maximum Gasteiger partial charge on any atom is 0.255 e. The van der Waals surface area contributed by atoms with Crippen LogP contribution < -0.4 is 5.32 Å². The number of anilines is 1. The van der Waals surface area contributed by atoms with Crippen molar-refractivity contribution in [3.63, 3.8) is 0 Å². The largest absolute Gasteiger partial charge is 0.321 e. The van der Waals surface area contributed by atoms with Crippen LogP contribution in [-0.2, 0) is 0 Å². The van der Waals surface area contributed by atoms with Crippen molar-refractivity contribution in [2.45, 2.75) is 6.92 Å². The molecule has 24 heavy (non-hydrogen) atoms. The van der Waals surface area contributed by atoms with Crippen molar-refractivity contribution in [3.8, 4) is 11.3 Å². The van der Waals surface area contributed by atoms with E-state index in [0.717, 1.165) is 16.8 Å². The smallest absolute Gasteiger partial charge is 0.255 e. The highest BCUT2D eigenvalue weighted by atomic mass is 35.5. The van der Waals surface area contributed by atoms with Crippen molar-refractivity contribution in [1.82, 2.24) is 4.98 Å². The minimum Gasteiger partial charge on any atom is -0.321 e. The molecule has 1 amide bonds. The Balaban J connectivity index is 1.80. The molecule has 120 valence electrons. The van der Waals surface area contributed by atoms with Crippen LogP contribution in [0.15, 0.2) is 60.8 Å². The van der Waals surface area contributed by atoms with Gasteiger partial charge in [-0.25, -0.2) is 0 Å². The number of halogens is 2. The SMILES string of the molecule is Cc1ccnc(-c2ccc(C(=O)Nc3cccc(Cl)c3Cl)cc2)c1. The zero-order valence-corrected chi connectivity index (χ0v) is 14.4. The summed E-state index contributed by atoms with van der Waals surface area (Å²) in [4.78, 5) is 16.7. The van der Waals surface area contributed by atoms with Gasteiger partial charge in [-0.3, -0.25) is 9.78 Å². The molecule has 0 unspecified atom stereocenters. The van der Waals surface area contributed by atoms with Crippen LogP contribution in [0.3, 0.4) is 0 Å². The van der Waals surface area contributed by atoms with E-state index in [2.05, 4.69) is 10.3 Å². The maximum atomic E-state index is 12.4. The van der Waals surface area contributed by atoms with Crippen molar-refractivity contribution in [2.75, 3.05) is 5.32 Å². The lowest BCUT2D eigenvalue weighted by Crippen LogP contribution is -2.12. The Bertz CT molecular complexity index is 892. The molecule has 0 aliphatic rings. The average molecular weight is 357 g/mol. The van der Waals surface area contributed by atoms with Crippen LogP contribution in [0.2, 0.25) is 10.0 Å². The number of rotatable bonds is 3. The molecular formula is C19H14Cl2N2O. The van der Waals surface area contributed by atoms with Gasteiger partial charge in [0.25, 0.3) is 5.91 Å². The van der Waals surface area contributed by atoms with E-state index >= 15 is 0 Å². The number of benzene rings is 2. The normalized spacial score (nSPS) is 10.5. The summed E-state index contributed by atoms with van der Waals surface area (Å²) < 4.78 is 0. The number of aromatic nitrogens is 1. The standard InChI is InChI=1S/C19H14Cl2N2O/c1-12-9-10-22-17(11-12)13-5-7-14(8-6-13)19(24)23-16-4-2-3-15(20)18(16)21/h2-11H,1H3,(H,23,24). The first kappa shape index (κ1) is 16.5. The van der Waals surface area contributed by atoms with E-state index in [1.807, 2.05) is 31.2 Å². The van der Waals surface area contributed by atoms with Crippen molar-refractivity contribution < 1.29 is 4.79 Å². The van der Waals surface area contributed by atoms with Crippen LogP contribution in [-0.4, -0.2) is 10.9 Å². The zero-order valence-electron chi connectivity index (χ0n) is 12.9. The molecule has 0 aliphatic heterocycles. The summed E-state index contributed by atoms with van der Waals surface area (Å²) in [5.74, 6) is -0.247. The van der Waals surface area contributed by atoms with Crippen molar-refractivity contribution >= 4 is 34.8 Å². The number of pyridine rings is 1. The minimum absolute atomic E-state index is 0.247. The molecule has 2 aromatic carbocycles. The molecule has 3 rings (SSSR count). The number of carbonyl (C=O) groups is 1. The fourth-order valence-electron chi connectivity index (χ4n) is 2.28. The fraction of sp³-hybridized carbons (Fsp3) is 0.0526. The van der Waals surface area contributed by atoms with Gasteiger partial charge in [0.2, 0.25) is 0 Å². The fourth-order valence-corrected chi connectivity index (χ4v) is 2.63. The van der Waals surface area contributed by atoms with Gasteiger partial charge in [0.15, 0.2) is 0 Å². The van der Waals surface area contributed by atoms with E-state index in [1.54, 1.807) is 36.5 Å². The summed E-state index contributed by atoms with van der Waals surface area (Å²) in [6.07, 6.45) is 1.77. The molecule has 0 atom stereocenters. The number of amides is 1. The molecule has 5 heteroatoms. The van der Waals surface area contributed by atoms with E-state index in [-0.39, 0.29) is 5.91 Å². The molecule has 0 fully saturated rings. The number of nitrogens with zero attached hydrogens (tertiary/aromatic N) is 1. The molecule has 0 saturated carbocycles. The third-order valence-electron chi connectivity index (χ3n) is 3.56. The molecule has 1 aromatic heterocycles. The van der Waals surface area contributed by atoms with Crippen LogP contribution in [0.5, 0.6) is 0 Å². The molecule has 3 aromatic rings.